The van der Waals surface area contributed by atoms with E-state index < -0.39 is 9.84 Å². The van der Waals surface area contributed by atoms with Crippen molar-refractivity contribution in [2.24, 2.45) is 0 Å². The fourth-order valence-corrected chi connectivity index (χ4v) is 4.40. The van der Waals surface area contributed by atoms with Gasteiger partial charge in [0.05, 0.1) is 12.2 Å². The summed E-state index contributed by atoms with van der Waals surface area (Å²) in [4.78, 5) is 2.14. The van der Waals surface area contributed by atoms with E-state index in [0.29, 0.717) is 18.1 Å². The average molecular weight is 291 g/mol. The number of nitrogens with two attached hydrogens (primary N) is 1. The number of morpholine rings is 1. The van der Waals surface area contributed by atoms with Gasteiger partial charge in [0.15, 0.2) is 15.7 Å². The topological polar surface area (TPSA) is 85.5 Å². The van der Waals surface area contributed by atoms with E-state index >= 15 is 0 Å². The standard InChI is InChI=1S/C10H17N3O3S2/c1-6-4-13(5-7(2)16-6)10-8(18(3,14)15)9(11)12-17-10/h6-7H,4-5H2,1-3H3,(H2,11,12). The second kappa shape index (κ2) is 4.67. The second-order valence-electron chi connectivity index (χ2n) is 4.64. The summed E-state index contributed by atoms with van der Waals surface area (Å²) in [6.45, 7) is 5.23. The lowest BCUT2D eigenvalue weighted by atomic mass is 10.2. The lowest BCUT2D eigenvalue weighted by molar-refractivity contribution is -0.00514. The van der Waals surface area contributed by atoms with Crippen LogP contribution >= 0.6 is 11.5 Å². The highest BCUT2D eigenvalue weighted by Crippen LogP contribution is 2.35. The van der Waals surface area contributed by atoms with Crippen LogP contribution in [0.3, 0.4) is 0 Å². The van der Waals surface area contributed by atoms with Crippen molar-refractivity contribution < 1.29 is 13.2 Å². The smallest absolute Gasteiger partial charge is 0.182 e. The quantitative estimate of drug-likeness (QED) is 0.865. The van der Waals surface area contributed by atoms with Gasteiger partial charge in [-0.05, 0) is 25.4 Å². The van der Waals surface area contributed by atoms with Gasteiger partial charge in [-0.15, -0.1) is 0 Å². The molecule has 102 valence electrons. The number of aromatic nitrogens is 1. The molecule has 0 spiro atoms. The monoisotopic (exact) mass is 291 g/mol. The summed E-state index contributed by atoms with van der Waals surface area (Å²) in [5.74, 6) is 0.0873. The summed E-state index contributed by atoms with van der Waals surface area (Å²) in [5.41, 5.74) is 5.67. The highest BCUT2D eigenvalue weighted by molar-refractivity contribution is 7.91. The Labute approximate surface area is 111 Å². The third kappa shape index (κ3) is 2.60. The lowest BCUT2D eigenvalue weighted by Crippen LogP contribution is -2.45. The van der Waals surface area contributed by atoms with Gasteiger partial charge in [0.2, 0.25) is 0 Å². The van der Waals surface area contributed by atoms with E-state index in [2.05, 4.69) is 4.37 Å². The van der Waals surface area contributed by atoms with Crippen LogP contribution in [0.2, 0.25) is 0 Å². The highest BCUT2D eigenvalue weighted by Gasteiger charge is 2.30. The summed E-state index contributed by atoms with van der Waals surface area (Å²) >= 11 is 1.13. The molecular formula is C10H17N3O3S2. The molecule has 2 heterocycles. The predicted octanol–water partition coefficient (Wildman–Crippen LogP) is 0.742. The van der Waals surface area contributed by atoms with E-state index in [1.54, 1.807) is 0 Å². The SMILES string of the molecule is CC1CN(c2snc(N)c2S(C)(=O)=O)CC(C)O1. The Hall–Kier alpha value is -0.860. The number of anilines is 2. The normalized spacial score (nSPS) is 25.4. The number of hydrogen-bond donors (Lipinski definition) is 1. The van der Waals surface area contributed by atoms with Crippen LogP contribution in [-0.2, 0) is 14.6 Å². The minimum atomic E-state index is -3.36. The van der Waals surface area contributed by atoms with Crippen LogP contribution in [0.4, 0.5) is 10.8 Å². The lowest BCUT2D eigenvalue weighted by Gasteiger charge is -2.36. The molecule has 0 radical (unpaired) electrons. The zero-order valence-electron chi connectivity index (χ0n) is 10.6. The zero-order valence-corrected chi connectivity index (χ0v) is 12.2. The van der Waals surface area contributed by atoms with Gasteiger partial charge >= 0.3 is 0 Å². The van der Waals surface area contributed by atoms with Crippen LogP contribution in [0.15, 0.2) is 4.90 Å². The molecule has 2 unspecified atom stereocenters. The highest BCUT2D eigenvalue weighted by atomic mass is 32.2. The Bertz CT molecular complexity index is 531. The number of ether oxygens (including phenoxy) is 1. The third-order valence-electron chi connectivity index (χ3n) is 2.73. The molecule has 0 aromatic carbocycles. The summed E-state index contributed by atoms with van der Waals surface area (Å²) in [7, 11) is -3.36. The molecule has 1 fully saturated rings. The molecule has 6 nitrogen and oxygen atoms in total. The summed E-state index contributed by atoms with van der Waals surface area (Å²) in [6.07, 6.45) is 1.28. The van der Waals surface area contributed by atoms with Crippen molar-refractivity contribution in [2.75, 3.05) is 30.0 Å². The van der Waals surface area contributed by atoms with Gasteiger partial charge in [0.1, 0.15) is 9.90 Å². The molecule has 1 aliphatic rings. The van der Waals surface area contributed by atoms with Gasteiger partial charge in [-0.1, -0.05) is 0 Å². The molecule has 1 aromatic heterocycles. The molecule has 2 rings (SSSR count). The molecule has 1 aromatic rings. The molecule has 18 heavy (non-hydrogen) atoms. The zero-order chi connectivity index (χ0) is 13.5. The van der Waals surface area contributed by atoms with E-state index in [1.165, 1.54) is 0 Å². The molecule has 1 aliphatic heterocycles. The first-order chi connectivity index (χ1) is 8.29. The van der Waals surface area contributed by atoms with Crippen molar-refractivity contribution in [2.45, 2.75) is 31.0 Å². The first-order valence-corrected chi connectivity index (χ1v) is 8.31. The first kappa shape index (κ1) is 13.6. The molecule has 0 bridgehead atoms. The molecular weight excluding hydrogens is 274 g/mol. The maximum Gasteiger partial charge on any atom is 0.182 e. The minimum Gasteiger partial charge on any atom is -0.382 e. The predicted molar refractivity (Wildman–Crippen MR) is 71.9 cm³/mol. The van der Waals surface area contributed by atoms with Crippen molar-refractivity contribution >= 4 is 32.2 Å². The van der Waals surface area contributed by atoms with Crippen molar-refractivity contribution in [1.82, 2.24) is 4.37 Å². The molecule has 0 saturated carbocycles. The van der Waals surface area contributed by atoms with Crippen molar-refractivity contribution in [3.63, 3.8) is 0 Å². The molecule has 0 aliphatic carbocycles. The van der Waals surface area contributed by atoms with Gasteiger partial charge in [0.25, 0.3) is 0 Å². The van der Waals surface area contributed by atoms with E-state index in [9.17, 15) is 8.42 Å². The van der Waals surface area contributed by atoms with Crippen LogP contribution < -0.4 is 10.6 Å². The largest absolute Gasteiger partial charge is 0.382 e. The summed E-state index contributed by atoms with van der Waals surface area (Å²) < 4.78 is 33.1. The molecule has 0 amide bonds. The summed E-state index contributed by atoms with van der Waals surface area (Å²) in [5, 5.41) is 0.622. The summed E-state index contributed by atoms with van der Waals surface area (Å²) in [6, 6.07) is 0. The van der Waals surface area contributed by atoms with E-state index in [-0.39, 0.29) is 22.9 Å². The van der Waals surface area contributed by atoms with Crippen LogP contribution in [0.5, 0.6) is 0 Å². The molecule has 8 heteroatoms. The maximum atomic E-state index is 11.8. The fourth-order valence-electron chi connectivity index (χ4n) is 2.18. The maximum absolute atomic E-state index is 11.8. The Morgan fingerprint density at radius 2 is 1.94 bits per heavy atom. The van der Waals surface area contributed by atoms with E-state index in [0.717, 1.165) is 17.8 Å². The van der Waals surface area contributed by atoms with Gasteiger partial charge in [0, 0.05) is 19.3 Å². The first-order valence-electron chi connectivity index (χ1n) is 5.64. The van der Waals surface area contributed by atoms with Crippen LogP contribution in [0, 0.1) is 0 Å². The number of nitrogens with zero attached hydrogens (tertiary/aromatic N) is 2. The van der Waals surface area contributed by atoms with Crippen LogP contribution in [0.1, 0.15) is 13.8 Å². The molecule has 2 N–H and O–H groups in total. The van der Waals surface area contributed by atoms with E-state index in [1.807, 2.05) is 18.7 Å². The Balaban J connectivity index is 2.40. The number of sulfone groups is 1. The molecule has 2 atom stereocenters. The van der Waals surface area contributed by atoms with Crippen molar-refractivity contribution in [3.05, 3.63) is 0 Å². The Morgan fingerprint density at radius 3 is 2.44 bits per heavy atom. The molecule has 1 saturated heterocycles. The van der Waals surface area contributed by atoms with Crippen LogP contribution in [0.25, 0.3) is 0 Å². The van der Waals surface area contributed by atoms with Crippen molar-refractivity contribution in [1.29, 1.82) is 0 Å². The fraction of sp³-hybridized carbons (Fsp3) is 0.700. The number of rotatable bonds is 2. The third-order valence-corrected chi connectivity index (χ3v) is 4.93. The Kier molecular flexibility index (Phi) is 3.52. The van der Waals surface area contributed by atoms with Gasteiger partial charge in [-0.2, -0.15) is 4.37 Å². The number of hydrogen-bond acceptors (Lipinski definition) is 7. The number of nitrogen functional groups attached to an aromatic ring is 1. The van der Waals surface area contributed by atoms with Gasteiger partial charge in [-0.25, -0.2) is 8.42 Å². The second-order valence-corrected chi connectivity index (χ2v) is 7.34. The minimum absolute atomic E-state index is 0.0597. The van der Waals surface area contributed by atoms with Crippen LogP contribution in [-0.4, -0.2) is 44.3 Å². The van der Waals surface area contributed by atoms with Gasteiger partial charge < -0.3 is 15.4 Å². The van der Waals surface area contributed by atoms with E-state index in [4.69, 9.17) is 10.5 Å². The van der Waals surface area contributed by atoms with Gasteiger partial charge in [-0.3, -0.25) is 0 Å². The average Bonchev–Trinajstić information content (AvgIpc) is 2.57. The van der Waals surface area contributed by atoms with Crippen molar-refractivity contribution in [3.8, 4) is 0 Å². The Morgan fingerprint density at radius 1 is 1.39 bits per heavy atom.